The van der Waals surface area contributed by atoms with Gasteiger partial charge in [-0.1, -0.05) is 64.5 Å². The first kappa shape index (κ1) is 15.7. The van der Waals surface area contributed by atoms with Gasteiger partial charge < -0.3 is 9.88 Å². The van der Waals surface area contributed by atoms with Gasteiger partial charge in [0.15, 0.2) is 0 Å². The van der Waals surface area contributed by atoms with E-state index in [-0.39, 0.29) is 0 Å². The Morgan fingerprint density at radius 3 is 2.58 bits per heavy atom. The van der Waals surface area contributed by atoms with Gasteiger partial charge in [-0.05, 0) is 48.2 Å². The molecule has 0 spiro atoms. The predicted octanol–water partition coefficient (Wildman–Crippen LogP) is 6.76. The first-order chi connectivity index (χ1) is 12.8. The highest BCUT2D eigenvalue weighted by Crippen LogP contribution is 2.46. The van der Waals surface area contributed by atoms with Crippen molar-refractivity contribution in [3.8, 4) is 0 Å². The fourth-order valence-corrected chi connectivity index (χ4v) is 4.47. The standard InChI is InChI=1S/C23H19BrN2/c24-18-11-12-20-19(14-18)23(15-25-20)26-21-9-5-4-8-17(21)10-13-22(26)16-6-2-1-3-7-16/h1-9,11-12,14-15,22,25H,10,13H2. The largest absolute Gasteiger partial charge is 0.359 e. The first-order valence-corrected chi connectivity index (χ1v) is 9.79. The van der Waals surface area contributed by atoms with Crippen molar-refractivity contribution in [1.82, 2.24) is 4.98 Å². The molecule has 1 aromatic heterocycles. The Kier molecular flexibility index (Phi) is 3.83. The van der Waals surface area contributed by atoms with Crippen molar-refractivity contribution in [3.05, 3.63) is 94.6 Å². The van der Waals surface area contributed by atoms with Crippen molar-refractivity contribution >= 4 is 38.2 Å². The number of para-hydroxylation sites is 1. The third-order valence-corrected chi connectivity index (χ3v) is 5.81. The van der Waals surface area contributed by atoms with Crippen LogP contribution in [-0.4, -0.2) is 4.98 Å². The van der Waals surface area contributed by atoms with Gasteiger partial charge >= 0.3 is 0 Å². The number of H-pyrrole nitrogens is 1. The Morgan fingerprint density at radius 1 is 0.885 bits per heavy atom. The molecule has 0 bridgehead atoms. The van der Waals surface area contributed by atoms with Crippen LogP contribution in [0.3, 0.4) is 0 Å². The van der Waals surface area contributed by atoms with Gasteiger partial charge in [0, 0.05) is 27.3 Å². The molecule has 1 unspecified atom stereocenters. The molecule has 0 amide bonds. The molecule has 1 aliphatic rings. The number of nitrogens with zero attached hydrogens (tertiary/aromatic N) is 1. The number of benzene rings is 3. The van der Waals surface area contributed by atoms with E-state index in [0.717, 1.165) is 22.8 Å². The van der Waals surface area contributed by atoms with E-state index in [9.17, 15) is 0 Å². The summed E-state index contributed by atoms with van der Waals surface area (Å²) in [4.78, 5) is 5.97. The van der Waals surface area contributed by atoms with Gasteiger partial charge in [0.1, 0.15) is 0 Å². The Balaban J connectivity index is 1.74. The number of hydrogen-bond donors (Lipinski definition) is 1. The molecule has 0 saturated carbocycles. The number of anilines is 2. The van der Waals surface area contributed by atoms with Crippen molar-refractivity contribution in [2.45, 2.75) is 18.9 Å². The van der Waals surface area contributed by atoms with Gasteiger partial charge in [-0.15, -0.1) is 0 Å². The van der Waals surface area contributed by atoms with E-state index in [4.69, 9.17) is 0 Å². The van der Waals surface area contributed by atoms with Gasteiger partial charge in [-0.2, -0.15) is 0 Å². The summed E-state index contributed by atoms with van der Waals surface area (Å²) in [6.45, 7) is 0. The van der Waals surface area contributed by atoms with Crippen molar-refractivity contribution in [1.29, 1.82) is 0 Å². The molecule has 4 aromatic rings. The van der Waals surface area contributed by atoms with Crippen LogP contribution in [0.4, 0.5) is 11.4 Å². The molecule has 0 radical (unpaired) electrons. The SMILES string of the molecule is Brc1ccc2[nH]cc(N3c4ccccc4CCC3c3ccccc3)c2c1. The van der Waals surface area contributed by atoms with E-state index in [1.165, 1.54) is 27.9 Å². The van der Waals surface area contributed by atoms with Crippen molar-refractivity contribution in [2.75, 3.05) is 4.90 Å². The molecule has 26 heavy (non-hydrogen) atoms. The van der Waals surface area contributed by atoms with E-state index in [2.05, 4.69) is 105 Å². The molecule has 1 atom stereocenters. The second-order valence-corrected chi connectivity index (χ2v) is 7.74. The smallest absolute Gasteiger partial charge is 0.0674 e. The highest BCUT2D eigenvalue weighted by Gasteiger charge is 2.29. The zero-order valence-electron chi connectivity index (χ0n) is 14.3. The highest BCUT2D eigenvalue weighted by molar-refractivity contribution is 9.10. The van der Waals surface area contributed by atoms with E-state index in [1.54, 1.807) is 0 Å². The van der Waals surface area contributed by atoms with Crippen LogP contribution in [0.5, 0.6) is 0 Å². The number of aryl methyl sites for hydroxylation is 1. The monoisotopic (exact) mass is 402 g/mol. The molecular formula is C23H19BrN2. The minimum Gasteiger partial charge on any atom is -0.359 e. The van der Waals surface area contributed by atoms with Crippen molar-refractivity contribution in [2.24, 2.45) is 0 Å². The van der Waals surface area contributed by atoms with Crippen LogP contribution in [-0.2, 0) is 6.42 Å². The number of rotatable bonds is 2. The molecule has 0 saturated heterocycles. The molecule has 0 fully saturated rings. The van der Waals surface area contributed by atoms with Crippen LogP contribution >= 0.6 is 15.9 Å². The lowest BCUT2D eigenvalue weighted by atomic mass is 9.90. The number of hydrogen-bond acceptors (Lipinski definition) is 1. The molecule has 128 valence electrons. The Bertz CT molecular complexity index is 1070. The van der Waals surface area contributed by atoms with Gasteiger partial charge in [0.25, 0.3) is 0 Å². The molecule has 2 heterocycles. The van der Waals surface area contributed by atoms with Crippen LogP contribution in [0.15, 0.2) is 83.5 Å². The third-order valence-electron chi connectivity index (χ3n) is 5.32. The van der Waals surface area contributed by atoms with Gasteiger partial charge in [0.2, 0.25) is 0 Å². The second kappa shape index (κ2) is 6.33. The van der Waals surface area contributed by atoms with Crippen molar-refractivity contribution in [3.63, 3.8) is 0 Å². The summed E-state index contributed by atoms with van der Waals surface area (Å²) in [6, 6.07) is 26.4. The fourth-order valence-electron chi connectivity index (χ4n) is 4.11. The average Bonchev–Trinajstić information content (AvgIpc) is 3.10. The number of fused-ring (bicyclic) bond motifs is 2. The lowest BCUT2D eigenvalue weighted by Gasteiger charge is -2.39. The van der Waals surface area contributed by atoms with Gasteiger partial charge in [-0.3, -0.25) is 0 Å². The topological polar surface area (TPSA) is 19.0 Å². The van der Waals surface area contributed by atoms with E-state index >= 15 is 0 Å². The summed E-state index contributed by atoms with van der Waals surface area (Å²) < 4.78 is 1.10. The van der Waals surface area contributed by atoms with Crippen LogP contribution in [0.2, 0.25) is 0 Å². The van der Waals surface area contributed by atoms with Gasteiger partial charge in [-0.25, -0.2) is 0 Å². The zero-order chi connectivity index (χ0) is 17.5. The summed E-state index contributed by atoms with van der Waals surface area (Å²) in [5, 5.41) is 1.25. The molecule has 3 aromatic carbocycles. The predicted molar refractivity (Wildman–Crippen MR) is 112 cm³/mol. The average molecular weight is 403 g/mol. The number of halogens is 1. The van der Waals surface area contributed by atoms with E-state index in [0.29, 0.717) is 6.04 Å². The maximum Gasteiger partial charge on any atom is 0.0674 e. The number of aromatic nitrogens is 1. The Hall–Kier alpha value is -2.52. The highest BCUT2D eigenvalue weighted by atomic mass is 79.9. The first-order valence-electron chi connectivity index (χ1n) is 9.00. The molecule has 5 rings (SSSR count). The molecule has 2 nitrogen and oxygen atoms in total. The Morgan fingerprint density at radius 2 is 1.69 bits per heavy atom. The van der Waals surface area contributed by atoms with Crippen LogP contribution in [0.1, 0.15) is 23.6 Å². The maximum absolute atomic E-state index is 3.63. The number of aromatic amines is 1. The minimum absolute atomic E-state index is 0.337. The van der Waals surface area contributed by atoms with Crippen LogP contribution < -0.4 is 4.90 Å². The van der Waals surface area contributed by atoms with E-state index in [1.807, 2.05) is 0 Å². The Labute approximate surface area is 161 Å². The summed E-state index contributed by atoms with van der Waals surface area (Å²) in [6.07, 6.45) is 4.37. The van der Waals surface area contributed by atoms with E-state index < -0.39 is 0 Å². The van der Waals surface area contributed by atoms with Crippen molar-refractivity contribution < 1.29 is 0 Å². The summed E-state index contributed by atoms with van der Waals surface area (Å²) in [5.74, 6) is 0. The summed E-state index contributed by atoms with van der Waals surface area (Å²) >= 11 is 3.63. The molecule has 0 aliphatic carbocycles. The minimum atomic E-state index is 0.337. The molecular weight excluding hydrogens is 384 g/mol. The number of nitrogens with one attached hydrogen (secondary N) is 1. The molecule has 1 N–H and O–H groups in total. The lowest BCUT2D eigenvalue weighted by Crippen LogP contribution is -2.28. The lowest BCUT2D eigenvalue weighted by molar-refractivity contribution is 0.605. The fraction of sp³-hybridized carbons (Fsp3) is 0.130. The summed E-state index contributed by atoms with van der Waals surface area (Å²) in [7, 11) is 0. The normalized spacial score (nSPS) is 16.7. The van der Waals surface area contributed by atoms with Gasteiger partial charge in [0.05, 0.1) is 11.7 Å². The zero-order valence-corrected chi connectivity index (χ0v) is 15.9. The van der Waals surface area contributed by atoms with Crippen LogP contribution in [0, 0.1) is 0 Å². The molecule has 3 heteroatoms. The third kappa shape index (κ3) is 2.55. The molecule has 1 aliphatic heterocycles. The maximum atomic E-state index is 3.63. The van der Waals surface area contributed by atoms with Crippen LogP contribution in [0.25, 0.3) is 10.9 Å². The quantitative estimate of drug-likeness (QED) is 0.392. The second-order valence-electron chi connectivity index (χ2n) is 6.83. The summed E-state index contributed by atoms with van der Waals surface area (Å²) in [5.41, 5.74) is 6.50.